The minimum atomic E-state index is -0.111. The maximum absolute atomic E-state index is 11.8. The molecule has 0 bridgehead atoms. The van der Waals surface area contributed by atoms with Crippen LogP contribution in [0.3, 0.4) is 0 Å². The molecule has 0 fully saturated rings. The SMILES string of the molecule is CSCCCNC(=O)c1cc(Br)ccc1N. The van der Waals surface area contributed by atoms with E-state index in [0.29, 0.717) is 17.8 Å². The molecule has 0 spiro atoms. The lowest BCUT2D eigenvalue weighted by atomic mass is 10.1. The molecule has 0 saturated carbocycles. The van der Waals surface area contributed by atoms with Crippen molar-refractivity contribution in [1.29, 1.82) is 0 Å². The highest BCUT2D eigenvalue weighted by molar-refractivity contribution is 9.10. The Kier molecular flexibility index (Phi) is 5.69. The van der Waals surface area contributed by atoms with Gasteiger partial charge >= 0.3 is 0 Å². The van der Waals surface area contributed by atoms with Crippen LogP contribution in [0.5, 0.6) is 0 Å². The molecule has 0 saturated heterocycles. The van der Waals surface area contributed by atoms with Crippen LogP contribution >= 0.6 is 27.7 Å². The second kappa shape index (κ2) is 6.81. The van der Waals surface area contributed by atoms with Crippen LogP contribution in [0.25, 0.3) is 0 Å². The van der Waals surface area contributed by atoms with E-state index >= 15 is 0 Å². The van der Waals surface area contributed by atoms with E-state index in [-0.39, 0.29) is 5.91 Å². The Morgan fingerprint density at radius 2 is 2.31 bits per heavy atom. The van der Waals surface area contributed by atoms with Gasteiger partial charge in [0.25, 0.3) is 5.91 Å². The molecule has 16 heavy (non-hydrogen) atoms. The molecule has 0 unspecified atom stereocenters. The number of benzene rings is 1. The van der Waals surface area contributed by atoms with Crippen LogP contribution in [0.15, 0.2) is 22.7 Å². The van der Waals surface area contributed by atoms with E-state index < -0.39 is 0 Å². The first-order valence-corrected chi connectivity index (χ1v) is 7.16. The fourth-order valence-electron chi connectivity index (χ4n) is 1.24. The van der Waals surface area contributed by atoms with Gasteiger partial charge in [-0.15, -0.1) is 0 Å². The first kappa shape index (κ1) is 13.4. The molecule has 3 nitrogen and oxygen atoms in total. The highest BCUT2D eigenvalue weighted by Gasteiger charge is 2.09. The molecular weight excluding hydrogens is 288 g/mol. The van der Waals surface area contributed by atoms with Crippen LogP contribution in [0.4, 0.5) is 5.69 Å². The van der Waals surface area contributed by atoms with Crippen molar-refractivity contribution in [3.05, 3.63) is 28.2 Å². The third kappa shape index (κ3) is 4.06. The first-order chi connectivity index (χ1) is 7.65. The number of nitrogens with two attached hydrogens (primary N) is 1. The second-order valence-corrected chi connectivity index (χ2v) is 5.24. The van der Waals surface area contributed by atoms with Gasteiger partial charge in [0.1, 0.15) is 0 Å². The fourth-order valence-corrected chi connectivity index (χ4v) is 2.03. The van der Waals surface area contributed by atoms with E-state index in [2.05, 4.69) is 21.2 Å². The van der Waals surface area contributed by atoms with Gasteiger partial charge in [0.15, 0.2) is 0 Å². The Morgan fingerprint density at radius 3 is 3.00 bits per heavy atom. The predicted octanol–water partition coefficient (Wildman–Crippen LogP) is 2.51. The van der Waals surface area contributed by atoms with Gasteiger partial charge in [-0.2, -0.15) is 11.8 Å². The van der Waals surface area contributed by atoms with Gasteiger partial charge in [-0.25, -0.2) is 0 Å². The molecule has 0 aliphatic rings. The van der Waals surface area contributed by atoms with Crippen molar-refractivity contribution in [2.45, 2.75) is 6.42 Å². The average Bonchev–Trinajstić information content (AvgIpc) is 2.27. The molecule has 1 rings (SSSR count). The molecule has 0 aromatic heterocycles. The molecule has 0 aliphatic carbocycles. The largest absolute Gasteiger partial charge is 0.398 e. The van der Waals surface area contributed by atoms with Crippen LogP contribution in [-0.2, 0) is 0 Å². The summed E-state index contributed by atoms with van der Waals surface area (Å²) in [7, 11) is 0. The zero-order valence-corrected chi connectivity index (χ0v) is 11.5. The third-order valence-corrected chi connectivity index (χ3v) is 3.26. The molecule has 0 atom stereocenters. The number of rotatable bonds is 5. The van der Waals surface area contributed by atoms with E-state index in [4.69, 9.17) is 5.73 Å². The zero-order chi connectivity index (χ0) is 12.0. The minimum Gasteiger partial charge on any atom is -0.398 e. The highest BCUT2D eigenvalue weighted by atomic mass is 79.9. The van der Waals surface area contributed by atoms with Crippen molar-refractivity contribution in [2.75, 3.05) is 24.3 Å². The standard InChI is InChI=1S/C11H15BrN2OS/c1-16-6-2-5-14-11(15)9-7-8(12)3-4-10(9)13/h3-4,7H,2,5-6,13H2,1H3,(H,14,15). The lowest BCUT2D eigenvalue weighted by Gasteiger charge is -2.07. The fraction of sp³-hybridized carbons (Fsp3) is 0.364. The van der Waals surface area contributed by atoms with Gasteiger partial charge in [-0.3, -0.25) is 4.79 Å². The number of hydrogen-bond donors (Lipinski definition) is 2. The Labute approximate surface area is 108 Å². The summed E-state index contributed by atoms with van der Waals surface area (Å²) in [5, 5.41) is 2.85. The first-order valence-electron chi connectivity index (χ1n) is 4.97. The molecule has 1 amide bonds. The quantitative estimate of drug-likeness (QED) is 0.649. The molecular formula is C11H15BrN2OS. The minimum absolute atomic E-state index is 0.111. The van der Waals surface area contributed by atoms with Gasteiger partial charge in [0.2, 0.25) is 0 Å². The van der Waals surface area contributed by atoms with Crippen molar-refractivity contribution in [2.24, 2.45) is 0 Å². The summed E-state index contributed by atoms with van der Waals surface area (Å²) < 4.78 is 0.857. The van der Waals surface area contributed by atoms with Gasteiger partial charge in [0.05, 0.1) is 5.56 Å². The van der Waals surface area contributed by atoms with Crippen LogP contribution in [0.1, 0.15) is 16.8 Å². The van der Waals surface area contributed by atoms with Crippen LogP contribution in [0, 0.1) is 0 Å². The number of carbonyl (C=O) groups is 1. The molecule has 0 heterocycles. The third-order valence-electron chi connectivity index (χ3n) is 2.07. The van der Waals surface area contributed by atoms with Crippen LogP contribution < -0.4 is 11.1 Å². The predicted molar refractivity (Wildman–Crippen MR) is 73.9 cm³/mol. The van der Waals surface area contributed by atoms with E-state index in [1.54, 1.807) is 23.9 Å². The Hall–Kier alpha value is -0.680. The number of nitrogen functional groups attached to an aromatic ring is 1. The summed E-state index contributed by atoms with van der Waals surface area (Å²) >= 11 is 5.09. The molecule has 0 aliphatic heterocycles. The summed E-state index contributed by atoms with van der Waals surface area (Å²) in [6.07, 6.45) is 3.02. The smallest absolute Gasteiger partial charge is 0.253 e. The van der Waals surface area contributed by atoms with Gasteiger partial charge in [-0.05, 0) is 36.6 Å². The molecule has 88 valence electrons. The van der Waals surface area contributed by atoms with Gasteiger partial charge in [0, 0.05) is 16.7 Å². The van der Waals surface area contributed by atoms with Gasteiger partial charge in [-0.1, -0.05) is 15.9 Å². The lowest BCUT2D eigenvalue weighted by molar-refractivity contribution is 0.0954. The topological polar surface area (TPSA) is 55.1 Å². The van der Waals surface area contributed by atoms with Crippen molar-refractivity contribution in [3.63, 3.8) is 0 Å². The number of thioether (sulfide) groups is 1. The second-order valence-electron chi connectivity index (χ2n) is 3.33. The molecule has 1 aromatic rings. The number of hydrogen-bond acceptors (Lipinski definition) is 3. The normalized spacial score (nSPS) is 10.1. The summed E-state index contributed by atoms with van der Waals surface area (Å²) in [6, 6.07) is 5.28. The zero-order valence-electron chi connectivity index (χ0n) is 9.13. The maximum Gasteiger partial charge on any atom is 0.253 e. The molecule has 5 heteroatoms. The Bertz CT molecular complexity index is 371. The summed E-state index contributed by atoms with van der Waals surface area (Å²) in [6.45, 7) is 0.686. The highest BCUT2D eigenvalue weighted by Crippen LogP contribution is 2.18. The number of anilines is 1. The van der Waals surface area contributed by atoms with Crippen LogP contribution in [-0.4, -0.2) is 24.5 Å². The van der Waals surface area contributed by atoms with Crippen molar-refractivity contribution >= 4 is 39.3 Å². The van der Waals surface area contributed by atoms with Crippen molar-refractivity contribution in [1.82, 2.24) is 5.32 Å². The molecule has 1 aromatic carbocycles. The maximum atomic E-state index is 11.8. The van der Waals surface area contributed by atoms with E-state index in [1.165, 1.54) is 0 Å². The monoisotopic (exact) mass is 302 g/mol. The average molecular weight is 303 g/mol. The van der Waals surface area contributed by atoms with Crippen LogP contribution in [0.2, 0.25) is 0 Å². The lowest BCUT2D eigenvalue weighted by Crippen LogP contribution is -2.25. The van der Waals surface area contributed by atoms with E-state index in [9.17, 15) is 4.79 Å². The van der Waals surface area contributed by atoms with Crippen molar-refractivity contribution < 1.29 is 4.79 Å². The van der Waals surface area contributed by atoms with E-state index in [0.717, 1.165) is 16.6 Å². The summed E-state index contributed by atoms with van der Waals surface area (Å²) in [5.41, 5.74) is 6.77. The summed E-state index contributed by atoms with van der Waals surface area (Å²) in [5.74, 6) is 0.939. The number of amides is 1. The van der Waals surface area contributed by atoms with Crippen molar-refractivity contribution in [3.8, 4) is 0 Å². The number of nitrogens with one attached hydrogen (secondary N) is 1. The van der Waals surface area contributed by atoms with Gasteiger partial charge < -0.3 is 11.1 Å². The Balaban J connectivity index is 2.55. The summed E-state index contributed by atoms with van der Waals surface area (Å²) in [4.78, 5) is 11.8. The Morgan fingerprint density at radius 1 is 1.56 bits per heavy atom. The molecule has 0 radical (unpaired) electrons. The number of carbonyl (C=O) groups excluding carboxylic acids is 1. The van der Waals surface area contributed by atoms with E-state index in [1.807, 2.05) is 12.3 Å². The molecule has 3 N–H and O–H groups in total. The number of halogens is 1.